The summed E-state index contributed by atoms with van der Waals surface area (Å²) in [5.74, 6) is -2.25. The predicted molar refractivity (Wildman–Crippen MR) is 61.9 cm³/mol. The summed E-state index contributed by atoms with van der Waals surface area (Å²) in [6.45, 7) is 0.919. The fraction of sp³-hybridized carbons (Fsp3) is 0.500. The molecule has 1 aliphatic heterocycles. The maximum absolute atomic E-state index is 13.5. The van der Waals surface area contributed by atoms with Crippen LogP contribution in [0.25, 0.3) is 0 Å². The molecule has 0 saturated carbocycles. The molecule has 0 bridgehead atoms. The second-order valence-corrected chi connectivity index (χ2v) is 4.49. The van der Waals surface area contributed by atoms with E-state index in [1.165, 1.54) is 4.90 Å². The van der Waals surface area contributed by atoms with Gasteiger partial charge in [-0.3, -0.25) is 4.79 Å². The van der Waals surface area contributed by atoms with E-state index in [1.54, 1.807) is 0 Å². The van der Waals surface area contributed by atoms with Gasteiger partial charge >= 0.3 is 0 Å². The van der Waals surface area contributed by atoms with Crippen LogP contribution in [0.1, 0.15) is 29.8 Å². The number of amides is 1. The van der Waals surface area contributed by atoms with Crippen LogP contribution in [0.3, 0.4) is 0 Å². The van der Waals surface area contributed by atoms with Gasteiger partial charge in [-0.2, -0.15) is 0 Å². The molecule has 2 heterocycles. The van der Waals surface area contributed by atoms with E-state index in [0.717, 1.165) is 25.5 Å². The zero-order valence-corrected chi connectivity index (χ0v) is 9.90. The first-order chi connectivity index (χ1) is 8.58. The molecular formula is C12H15F2N3O. The van der Waals surface area contributed by atoms with Crippen LogP contribution in [0.15, 0.2) is 12.3 Å². The maximum Gasteiger partial charge on any atom is 0.275 e. The number of hydrogen-bond acceptors (Lipinski definition) is 3. The van der Waals surface area contributed by atoms with Crippen molar-refractivity contribution in [2.75, 3.05) is 13.1 Å². The summed E-state index contributed by atoms with van der Waals surface area (Å²) < 4.78 is 26.2. The Hall–Kier alpha value is -1.56. The molecule has 6 heteroatoms. The smallest absolute Gasteiger partial charge is 0.275 e. The van der Waals surface area contributed by atoms with Gasteiger partial charge in [0.2, 0.25) is 0 Å². The van der Waals surface area contributed by atoms with Crippen LogP contribution >= 0.6 is 0 Å². The van der Waals surface area contributed by atoms with Crippen molar-refractivity contribution in [3.8, 4) is 0 Å². The number of rotatable bonds is 1. The quantitative estimate of drug-likeness (QED) is 0.823. The minimum absolute atomic E-state index is 0.0973. The summed E-state index contributed by atoms with van der Waals surface area (Å²) >= 11 is 0. The van der Waals surface area contributed by atoms with Gasteiger partial charge in [-0.1, -0.05) is 6.42 Å². The fourth-order valence-corrected chi connectivity index (χ4v) is 2.08. The Morgan fingerprint density at radius 3 is 2.94 bits per heavy atom. The van der Waals surface area contributed by atoms with Gasteiger partial charge in [0.15, 0.2) is 11.5 Å². The third kappa shape index (κ3) is 2.81. The third-order valence-electron chi connectivity index (χ3n) is 3.01. The first-order valence-corrected chi connectivity index (χ1v) is 5.94. The summed E-state index contributed by atoms with van der Waals surface area (Å²) in [5, 5.41) is 0. The fourth-order valence-electron chi connectivity index (χ4n) is 2.08. The van der Waals surface area contributed by atoms with Crippen molar-refractivity contribution in [2.45, 2.75) is 25.3 Å². The van der Waals surface area contributed by atoms with Gasteiger partial charge in [-0.25, -0.2) is 13.8 Å². The lowest BCUT2D eigenvalue weighted by atomic mass is 10.2. The molecule has 1 atom stereocenters. The Morgan fingerprint density at radius 1 is 1.44 bits per heavy atom. The van der Waals surface area contributed by atoms with Gasteiger partial charge < -0.3 is 10.6 Å². The van der Waals surface area contributed by atoms with Crippen LogP contribution in [0.4, 0.5) is 8.78 Å². The number of aromatic nitrogens is 1. The first kappa shape index (κ1) is 12.9. The summed E-state index contributed by atoms with van der Waals surface area (Å²) in [6.07, 6.45) is 3.48. The number of halogens is 2. The minimum atomic E-state index is -0.933. The number of nitrogens with two attached hydrogens (primary N) is 1. The molecule has 98 valence electrons. The SMILES string of the molecule is N[C@H]1CCCCN(C(=O)c2ncc(F)cc2F)C1. The Kier molecular flexibility index (Phi) is 3.86. The van der Waals surface area contributed by atoms with E-state index < -0.39 is 17.5 Å². The van der Waals surface area contributed by atoms with E-state index in [4.69, 9.17) is 5.73 Å². The first-order valence-electron chi connectivity index (χ1n) is 5.94. The summed E-state index contributed by atoms with van der Waals surface area (Å²) in [7, 11) is 0. The topological polar surface area (TPSA) is 59.2 Å². The van der Waals surface area contributed by atoms with Crippen molar-refractivity contribution in [2.24, 2.45) is 5.73 Å². The molecule has 1 amide bonds. The number of likely N-dealkylation sites (tertiary alicyclic amines) is 1. The minimum Gasteiger partial charge on any atom is -0.336 e. The lowest BCUT2D eigenvalue weighted by Crippen LogP contribution is -2.40. The van der Waals surface area contributed by atoms with Crippen LogP contribution in [0.5, 0.6) is 0 Å². The van der Waals surface area contributed by atoms with Gasteiger partial charge in [0.05, 0.1) is 6.20 Å². The van der Waals surface area contributed by atoms with Gasteiger partial charge in [-0.05, 0) is 12.8 Å². The largest absolute Gasteiger partial charge is 0.336 e. The zero-order chi connectivity index (χ0) is 13.1. The van der Waals surface area contributed by atoms with Gasteiger partial charge in [0.1, 0.15) is 5.82 Å². The van der Waals surface area contributed by atoms with E-state index in [-0.39, 0.29) is 11.7 Å². The molecule has 0 unspecified atom stereocenters. The lowest BCUT2D eigenvalue weighted by molar-refractivity contribution is 0.0743. The molecule has 0 radical (unpaired) electrons. The monoisotopic (exact) mass is 255 g/mol. The van der Waals surface area contributed by atoms with E-state index in [2.05, 4.69) is 4.98 Å². The number of nitrogens with zero attached hydrogens (tertiary/aromatic N) is 2. The van der Waals surface area contributed by atoms with Gasteiger partial charge in [-0.15, -0.1) is 0 Å². The number of hydrogen-bond donors (Lipinski definition) is 1. The van der Waals surface area contributed by atoms with Crippen molar-refractivity contribution in [1.82, 2.24) is 9.88 Å². The molecule has 2 N–H and O–H groups in total. The van der Waals surface area contributed by atoms with Gasteiger partial charge in [0.25, 0.3) is 5.91 Å². The Labute approximate surface area is 104 Å². The van der Waals surface area contributed by atoms with Crippen LogP contribution in [-0.4, -0.2) is 34.9 Å². The molecular weight excluding hydrogens is 240 g/mol. The molecule has 18 heavy (non-hydrogen) atoms. The second kappa shape index (κ2) is 5.39. The Balaban J connectivity index is 2.19. The number of pyridine rings is 1. The van der Waals surface area contributed by atoms with Crippen LogP contribution in [0, 0.1) is 11.6 Å². The van der Waals surface area contributed by atoms with Gasteiger partial charge in [0, 0.05) is 25.2 Å². The molecule has 0 spiro atoms. The van der Waals surface area contributed by atoms with Crippen LogP contribution < -0.4 is 5.73 Å². The average Bonchev–Trinajstić information content (AvgIpc) is 2.53. The molecule has 1 saturated heterocycles. The van der Waals surface area contributed by atoms with E-state index in [0.29, 0.717) is 19.2 Å². The molecule has 2 rings (SSSR count). The van der Waals surface area contributed by atoms with Crippen molar-refractivity contribution >= 4 is 5.91 Å². The van der Waals surface area contributed by atoms with Crippen molar-refractivity contribution < 1.29 is 13.6 Å². The molecule has 1 aromatic heterocycles. The number of carbonyl (C=O) groups excluding carboxylic acids is 1. The van der Waals surface area contributed by atoms with Crippen LogP contribution in [-0.2, 0) is 0 Å². The predicted octanol–water partition coefficient (Wildman–Crippen LogP) is 1.31. The zero-order valence-electron chi connectivity index (χ0n) is 9.90. The summed E-state index contributed by atoms with van der Waals surface area (Å²) in [5.41, 5.74) is 5.49. The van der Waals surface area contributed by atoms with Crippen molar-refractivity contribution in [3.63, 3.8) is 0 Å². The van der Waals surface area contributed by atoms with Crippen molar-refractivity contribution in [1.29, 1.82) is 0 Å². The molecule has 0 aliphatic carbocycles. The maximum atomic E-state index is 13.5. The van der Waals surface area contributed by atoms with Crippen LogP contribution in [0.2, 0.25) is 0 Å². The standard InChI is InChI=1S/C12H15F2N3O/c13-8-5-10(14)11(16-6-8)12(18)17-4-2-1-3-9(15)7-17/h5-6,9H,1-4,7,15H2/t9-/m0/s1. The van der Waals surface area contributed by atoms with E-state index in [9.17, 15) is 13.6 Å². The second-order valence-electron chi connectivity index (χ2n) is 4.49. The van der Waals surface area contributed by atoms with Crippen molar-refractivity contribution in [3.05, 3.63) is 29.6 Å². The normalized spacial score (nSPS) is 20.6. The highest BCUT2D eigenvalue weighted by atomic mass is 19.1. The van der Waals surface area contributed by atoms with E-state index >= 15 is 0 Å². The average molecular weight is 255 g/mol. The lowest BCUT2D eigenvalue weighted by Gasteiger charge is -2.22. The summed E-state index contributed by atoms with van der Waals surface area (Å²) in [4.78, 5) is 17.1. The Bertz CT molecular complexity index is 453. The molecule has 1 fully saturated rings. The molecule has 0 aromatic carbocycles. The molecule has 1 aliphatic rings. The highest BCUT2D eigenvalue weighted by molar-refractivity contribution is 5.92. The summed E-state index contributed by atoms with van der Waals surface area (Å²) in [6, 6.07) is 0.567. The highest BCUT2D eigenvalue weighted by Crippen LogP contribution is 2.14. The molecule has 4 nitrogen and oxygen atoms in total. The third-order valence-corrected chi connectivity index (χ3v) is 3.01. The number of carbonyl (C=O) groups is 1. The Morgan fingerprint density at radius 2 is 2.22 bits per heavy atom. The van der Waals surface area contributed by atoms with E-state index in [1.807, 2.05) is 0 Å². The highest BCUT2D eigenvalue weighted by Gasteiger charge is 2.24. The molecule has 1 aromatic rings.